The number of piperazine rings is 1. The van der Waals surface area contributed by atoms with Crippen LogP contribution in [0.1, 0.15) is 43.7 Å². The van der Waals surface area contributed by atoms with Gasteiger partial charge in [-0.15, -0.1) is 0 Å². The molecule has 4 rings (SSSR count). The van der Waals surface area contributed by atoms with Crippen LogP contribution in [0, 0.1) is 11.7 Å². The monoisotopic (exact) mass is 505 g/mol. The molecule has 2 aliphatic rings. The molecule has 1 aliphatic heterocycles. The van der Waals surface area contributed by atoms with Gasteiger partial charge in [-0.3, -0.25) is 14.6 Å². The predicted octanol–water partition coefficient (Wildman–Crippen LogP) is 1.72. The van der Waals surface area contributed by atoms with Crippen molar-refractivity contribution in [2.24, 2.45) is 11.7 Å². The first-order valence-electron chi connectivity index (χ1n) is 11.7. The van der Waals surface area contributed by atoms with Crippen LogP contribution in [0.15, 0.2) is 53.7 Å². The summed E-state index contributed by atoms with van der Waals surface area (Å²) < 4.78 is 38.5. The van der Waals surface area contributed by atoms with Crippen LogP contribution in [-0.4, -0.2) is 55.7 Å². The molecule has 1 aromatic carbocycles. The van der Waals surface area contributed by atoms with Crippen molar-refractivity contribution < 1.29 is 22.4 Å². The second-order valence-corrected chi connectivity index (χ2v) is 10.5. The number of aromatic nitrogens is 1. The van der Waals surface area contributed by atoms with E-state index in [2.05, 4.69) is 15.6 Å². The molecule has 0 spiro atoms. The number of rotatable bonds is 6. The van der Waals surface area contributed by atoms with E-state index < -0.39 is 27.8 Å². The van der Waals surface area contributed by atoms with Gasteiger partial charge in [0.1, 0.15) is 16.8 Å². The fraction of sp³-hybridized carbons (Fsp3) is 0.458. The highest BCUT2D eigenvalue weighted by Crippen LogP contribution is 2.25. The Kier molecular flexibility index (Phi) is 9.70. The number of nitrogens with zero attached hydrogens (tertiary/aromatic N) is 2. The molecule has 1 saturated heterocycles. The normalized spacial score (nSPS) is 18.1. The predicted molar refractivity (Wildman–Crippen MR) is 129 cm³/mol. The third-order valence-corrected chi connectivity index (χ3v) is 7.98. The van der Waals surface area contributed by atoms with Gasteiger partial charge in [-0.25, -0.2) is 12.8 Å². The van der Waals surface area contributed by atoms with E-state index in [9.17, 15) is 22.4 Å². The summed E-state index contributed by atoms with van der Waals surface area (Å²) in [6.45, 7) is 2.47. The topological polar surface area (TPSA) is 134 Å². The Hall–Kier alpha value is -2.89. The number of pyridine rings is 1. The third-order valence-electron chi connectivity index (χ3n) is 6.10. The van der Waals surface area contributed by atoms with E-state index in [4.69, 9.17) is 5.73 Å². The van der Waals surface area contributed by atoms with Crippen LogP contribution in [0.25, 0.3) is 0 Å². The lowest BCUT2D eigenvalue weighted by Crippen LogP contribution is -2.46. The molecule has 2 fully saturated rings. The summed E-state index contributed by atoms with van der Waals surface area (Å²) >= 11 is 0. The largest absolute Gasteiger partial charge is 0.368 e. The lowest BCUT2D eigenvalue weighted by Gasteiger charge is -2.26. The van der Waals surface area contributed by atoms with Gasteiger partial charge < -0.3 is 16.4 Å². The number of amides is 2. The summed E-state index contributed by atoms with van der Waals surface area (Å²) in [6.07, 6.45) is 7.88. The number of hydrogen-bond donors (Lipinski definition) is 3. The Morgan fingerprint density at radius 3 is 2.31 bits per heavy atom. The molecule has 0 radical (unpaired) electrons. The molecular formula is C24H32FN5O4S. The van der Waals surface area contributed by atoms with Crippen molar-refractivity contribution in [1.29, 1.82) is 0 Å². The summed E-state index contributed by atoms with van der Waals surface area (Å²) in [5.74, 6) is -1.22. The quantitative estimate of drug-likeness (QED) is 0.547. The molecule has 1 atom stereocenters. The fourth-order valence-corrected chi connectivity index (χ4v) is 5.54. The highest BCUT2D eigenvalue weighted by Gasteiger charge is 2.27. The number of carbonyl (C=O) groups excluding carboxylic acids is 2. The van der Waals surface area contributed by atoms with Crippen LogP contribution in [0.3, 0.4) is 0 Å². The SMILES string of the molecule is NC(=O)C(NC(=O)C1CCCCC1)c1ccc(F)cc1.O=S(=O)(c1cccnc1)N1CCNCC1. The number of halogens is 1. The van der Waals surface area contributed by atoms with Crippen LogP contribution < -0.4 is 16.4 Å². The molecular weight excluding hydrogens is 473 g/mol. The zero-order valence-electron chi connectivity index (χ0n) is 19.5. The van der Waals surface area contributed by atoms with E-state index in [1.54, 1.807) is 18.3 Å². The Morgan fingerprint density at radius 1 is 1.09 bits per heavy atom. The van der Waals surface area contributed by atoms with Crippen molar-refractivity contribution in [3.8, 4) is 0 Å². The van der Waals surface area contributed by atoms with E-state index in [-0.39, 0.29) is 16.7 Å². The lowest BCUT2D eigenvalue weighted by molar-refractivity contribution is -0.130. The van der Waals surface area contributed by atoms with Crippen molar-refractivity contribution in [3.63, 3.8) is 0 Å². The van der Waals surface area contributed by atoms with Crippen molar-refractivity contribution in [2.45, 2.75) is 43.0 Å². The van der Waals surface area contributed by atoms with Gasteiger partial charge in [-0.05, 0) is 42.7 Å². The van der Waals surface area contributed by atoms with Gasteiger partial charge >= 0.3 is 0 Å². The maximum Gasteiger partial charge on any atom is 0.244 e. The Morgan fingerprint density at radius 2 is 1.74 bits per heavy atom. The summed E-state index contributed by atoms with van der Waals surface area (Å²) in [5.41, 5.74) is 5.84. The molecule has 1 saturated carbocycles. The maximum absolute atomic E-state index is 12.9. The number of primary amides is 1. The van der Waals surface area contributed by atoms with E-state index >= 15 is 0 Å². The van der Waals surface area contributed by atoms with Crippen LogP contribution in [0.2, 0.25) is 0 Å². The molecule has 9 nitrogen and oxygen atoms in total. The second-order valence-electron chi connectivity index (χ2n) is 8.57. The molecule has 2 heterocycles. The van der Waals surface area contributed by atoms with Gasteiger partial charge in [0.15, 0.2) is 0 Å². The first-order valence-corrected chi connectivity index (χ1v) is 13.2. The molecule has 2 aromatic rings. The standard InChI is InChI=1S/C15H19FN2O2.C9H13N3O2S/c16-12-8-6-10(7-9-12)13(14(17)19)18-15(20)11-4-2-1-3-5-11;13-15(14,9-2-1-3-11-8-9)12-6-4-10-5-7-12/h6-9,11,13H,1-5H2,(H2,17,19)(H,18,20);1-3,8,10H,4-7H2. The highest BCUT2D eigenvalue weighted by atomic mass is 32.2. The van der Waals surface area contributed by atoms with E-state index in [0.717, 1.165) is 32.1 Å². The van der Waals surface area contributed by atoms with Crippen LogP contribution in [0.4, 0.5) is 4.39 Å². The second kappa shape index (κ2) is 12.7. The molecule has 1 unspecified atom stereocenters. The van der Waals surface area contributed by atoms with Crippen LogP contribution in [0.5, 0.6) is 0 Å². The molecule has 1 aliphatic carbocycles. The van der Waals surface area contributed by atoms with Gasteiger partial charge in [0, 0.05) is 44.5 Å². The van der Waals surface area contributed by atoms with Crippen molar-refractivity contribution in [2.75, 3.05) is 26.2 Å². The summed E-state index contributed by atoms with van der Waals surface area (Å²) in [4.78, 5) is 27.8. The van der Waals surface area contributed by atoms with Crippen molar-refractivity contribution in [1.82, 2.24) is 19.9 Å². The number of benzene rings is 1. The number of nitrogens with one attached hydrogen (secondary N) is 2. The van der Waals surface area contributed by atoms with Gasteiger partial charge in [0.25, 0.3) is 0 Å². The highest BCUT2D eigenvalue weighted by molar-refractivity contribution is 7.89. The zero-order chi connectivity index (χ0) is 25.3. The molecule has 0 bridgehead atoms. The van der Waals surface area contributed by atoms with Gasteiger partial charge in [0.05, 0.1) is 0 Å². The van der Waals surface area contributed by atoms with E-state index in [1.807, 2.05) is 0 Å². The minimum Gasteiger partial charge on any atom is -0.368 e. The number of nitrogens with two attached hydrogens (primary N) is 1. The number of carbonyl (C=O) groups is 2. The van der Waals surface area contributed by atoms with Crippen LogP contribution in [-0.2, 0) is 19.6 Å². The number of sulfonamides is 1. The molecule has 1 aromatic heterocycles. The van der Waals surface area contributed by atoms with Gasteiger partial charge in [-0.1, -0.05) is 31.4 Å². The molecule has 4 N–H and O–H groups in total. The smallest absolute Gasteiger partial charge is 0.244 e. The Bertz CT molecular complexity index is 1070. The zero-order valence-corrected chi connectivity index (χ0v) is 20.3. The third kappa shape index (κ3) is 7.55. The minimum absolute atomic E-state index is 0.0500. The Labute approximate surface area is 205 Å². The van der Waals surface area contributed by atoms with E-state index in [0.29, 0.717) is 31.7 Å². The summed E-state index contributed by atoms with van der Waals surface area (Å²) in [6, 6.07) is 7.73. The lowest BCUT2D eigenvalue weighted by atomic mass is 9.88. The first-order chi connectivity index (χ1) is 16.8. The van der Waals surface area contributed by atoms with Gasteiger partial charge in [0.2, 0.25) is 21.8 Å². The Balaban J connectivity index is 0.000000203. The number of hydrogen-bond acceptors (Lipinski definition) is 6. The average molecular weight is 506 g/mol. The summed E-state index contributed by atoms with van der Waals surface area (Å²) in [7, 11) is -3.33. The summed E-state index contributed by atoms with van der Waals surface area (Å²) in [5, 5.41) is 5.80. The first kappa shape index (κ1) is 26.7. The van der Waals surface area contributed by atoms with Gasteiger partial charge in [-0.2, -0.15) is 4.31 Å². The molecule has 11 heteroatoms. The van der Waals surface area contributed by atoms with E-state index in [1.165, 1.54) is 34.8 Å². The van der Waals surface area contributed by atoms with Crippen molar-refractivity contribution >= 4 is 21.8 Å². The molecule has 2 amide bonds. The molecule has 35 heavy (non-hydrogen) atoms. The maximum atomic E-state index is 12.9. The fourth-order valence-electron chi connectivity index (χ4n) is 4.13. The molecule has 190 valence electrons. The minimum atomic E-state index is -3.33. The average Bonchev–Trinajstić information content (AvgIpc) is 2.89. The van der Waals surface area contributed by atoms with Crippen molar-refractivity contribution in [3.05, 3.63) is 60.2 Å². The van der Waals surface area contributed by atoms with Crippen LogP contribution >= 0.6 is 0 Å².